The third-order valence-corrected chi connectivity index (χ3v) is 9.03. The van der Waals surface area contributed by atoms with Gasteiger partial charge in [0.05, 0.1) is 53.1 Å². The summed E-state index contributed by atoms with van der Waals surface area (Å²) in [5.41, 5.74) is 3.19. The van der Waals surface area contributed by atoms with Gasteiger partial charge in [-0.15, -0.1) is 0 Å². The molecule has 52 heavy (non-hydrogen) atoms. The summed E-state index contributed by atoms with van der Waals surface area (Å²) in [5.74, 6) is -0.148. The molecule has 3 heterocycles. The van der Waals surface area contributed by atoms with Gasteiger partial charge in [0.15, 0.2) is 5.82 Å². The Morgan fingerprint density at radius 3 is 2.50 bits per heavy atom. The van der Waals surface area contributed by atoms with Crippen molar-refractivity contribution in [2.24, 2.45) is 0 Å². The van der Waals surface area contributed by atoms with Crippen molar-refractivity contribution in [3.05, 3.63) is 87.8 Å². The molecule has 2 amide bonds. The van der Waals surface area contributed by atoms with Crippen LogP contribution in [0.4, 0.5) is 20.6 Å². The van der Waals surface area contributed by atoms with Crippen LogP contribution in [0.3, 0.4) is 0 Å². The molecule has 11 nitrogen and oxygen atoms in total. The molecule has 5 rings (SSSR count). The zero-order valence-corrected chi connectivity index (χ0v) is 31.3. The number of halogens is 3. The molecule has 0 unspecified atom stereocenters. The lowest BCUT2D eigenvalue weighted by Gasteiger charge is -2.29. The van der Waals surface area contributed by atoms with Gasteiger partial charge in [-0.25, -0.2) is 14.2 Å². The van der Waals surface area contributed by atoms with Crippen LogP contribution in [-0.2, 0) is 27.4 Å². The maximum atomic E-state index is 15.4. The van der Waals surface area contributed by atoms with Crippen molar-refractivity contribution in [3.63, 3.8) is 0 Å². The lowest BCUT2D eigenvalue weighted by atomic mass is 10.0. The van der Waals surface area contributed by atoms with Crippen molar-refractivity contribution >= 4 is 46.6 Å². The molecule has 0 bridgehead atoms. The summed E-state index contributed by atoms with van der Waals surface area (Å²) in [7, 11) is 3.11. The maximum Gasteiger partial charge on any atom is 0.410 e. The third-order valence-electron chi connectivity index (χ3n) is 8.24. The van der Waals surface area contributed by atoms with Gasteiger partial charge in [-0.2, -0.15) is 0 Å². The molecule has 3 N–H and O–H groups in total. The number of rotatable bonds is 14. The number of nitrogens with zero attached hydrogens (tertiary/aromatic N) is 3. The van der Waals surface area contributed by atoms with Crippen LogP contribution >= 0.6 is 23.2 Å². The highest BCUT2D eigenvalue weighted by Gasteiger charge is 2.29. The highest BCUT2D eigenvalue weighted by molar-refractivity contribution is 6.39. The third kappa shape index (κ3) is 9.68. The quantitative estimate of drug-likeness (QED) is 0.111. The number of hydrogen-bond acceptors (Lipinski definition) is 9. The van der Waals surface area contributed by atoms with Crippen molar-refractivity contribution in [3.8, 4) is 28.4 Å². The number of carbonyl (C=O) groups excluding carboxylic acids is 2. The first-order valence-corrected chi connectivity index (χ1v) is 17.6. The van der Waals surface area contributed by atoms with Gasteiger partial charge in [0.2, 0.25) is 11.8 Å². The Hall–Kier alpha value is -4.49. The molecule has 1 fully saturated rings. The van der Waals surface area contributed by atoms with Crippen molar-refractivity contribution < 1.29 is 28.2 Å². The van der Waals surface area contributed by atoms with Crippen LogP contribution in [0.1, 0.15) is 44.7 Å². The molecule has 0 spiro atoms. The van der Waals surface area contributed by atoms with Gasteiger partial charge in [-0.05, 0) is 57.5 Å². The Morgan fingerprint density at radius 1 is 1.02 bits per heavy atom. The second-order valence-electron chi connectivity index (χ2n) is 13.3. The van der Waals surface area contributed by atoms with E-state index in [9.17, 15) is 9.59 Å². The lowest BCUT2D eigenvalue weighted by Crippen LogP contribution is -2.43. The summed E-state index contributed by atoms with van der Waals surface area (Å²) in [4.78, 5) is 35.9. The van der Waals surface area contributed by atoms with Crippen LogP contribution in [0.25, 0.3) is 22.5 Å². The molecule has 1 saturated heterocycles. The predicted octanol–water partition coefficient (Wildman–Crippen LogP) is 7.76. The average molecular weight is 754 g/mol. The standard InChI is InChI=1S/C38H43Cl2FN6O5/c1-38(2,3)52-37(49)47(22-25-13-15-31(48)44-25)21-24-12-14-28(46-36(24)51-5)26-16-17-43-35(33(26)40)27-9-7-10-29(32(27)39)45-30-11-6-8-23(34(30)41)20-42-18-19-50-4/h6-12,14,16-17,25,42,45H,13,15,18-22H2,1-5H3,(H,44,48)/t25-/m0/s1. The number of amides is 2. The molecule has 0 saturated carbocycles. The first-order valence-electron chi connectivity index (χ1n) is 16.9. The molecular weight excluding hydrogens is 710 g/mol. The summed E-state index contributed by atoms with van der Waals surface area (Å²) in [6, 6.07) is 15.6. The molecule has 14 heteroatoms. The van der Waals surface area contributed by atoms with Gasteiger partial charge in [-0.1, -0.05) is 47.5 Å². The number of methoxy groups -OCH3 is 2. The SMILES string of the molecule is COCCNCc1cccc(Nc2cccc(-c3nccc(-c4ccc(CN(C[C@@H]5CCC(=O)N5)C(=O)OC(C)(C)C)c(OC)n4)c3Cl)c2Cl)c1F. The van der Waals surface area contributed by atoms with E-state index in [1.165, 1.54) is 7.11 Å². The van der Waals surface area contributed by atoms with E-state index in [2.05, 4.69) is 20.9 Å². The van der Waals surface area contributed by atoms with Crippen molar-refractivity contribution in [1.29, 1.82) is 0 Å². The van der Waals surface area contributed by atoms with E-state index in [1.54, 1.807) is 87.5 Å². The Kier molecular flexibility index (Phi) is 12.9. The average Bonchev–Trinajstić information content (AvgIpc) is 3.52. The molecule has 276 valence electrons. The summed E-state index contributed by atoms with van der Waals surface area (Å²) < 4.78 is 31.8. The molecule has 1 atom stereocenters. The van der Waals surface area contributed by atoms with Crippen LogP contribution in [0.2, 0.25) is 10.0 Å². The highest BCUT2D eigenvalue weighted by atomic mass is 35.5. The molecule has 0 aliphatic carbocycles. The second-order valence-corrected chi connectivity index (χ2v) is 14.0. The number of benzene rings is 2. The Balaban J connectivity index is 1.40. The fourth-order valence-corrected chi connectivity index (χ4v) is 6.30. The zero-order chi connectivity index (χ0) is 37.4. The summed E-state index contributed by atoms with van der Waals surface area (Å²) in [6.07, 6.45) is 2.12. The first kappa shape index (κ1) is 38.7. The van der Waals surface area contributed by atoms with Gasteiger partial charge >= 0.3 is 6.09 Å². The fraction of sp³-hybridized carbons (Fsp3) is 0.368. The number of pyridine rings is 2. The largest absolute Gasteiger partial charge is 0.481 e. The fourth-order valence-electron chi connectivity index (χ4n) is 5.73. The Morgan fingerprint density at radius 2 is 1.79 bits per heavy atom. The monoisotopic (exact) mass is 752 g/mol. The van der Waals surface area contributed by atoms with E-state index in [1.807, 2.05) is 6.07 Å². The molecule has 1 aliphatic rings. The summed E-state index contributed by atoms with van der Waals surface area (Å²) in [6.45, 7) is 7.25. The summed E-state index contributed by atoms with van der Waals surface area (Å²) in [5, 5.41) is 9.80. The van der Waals surface area contributed by atoms with E-state index >= 15 is 4.39 Å². The minimum Gasteiger partial charge on any atom is -0.481 e. The normalized spacial score (nSPS) is 14.2. The Bertz CT molecular complexity index is 1910. The van der Waals surface area contributed by atoms with Gasteiger partial charge in [-0.3, -0.25) is 9.78 Å². The molecule has 2 aromatic carbocycles. The molecule has 2 aromatic heterocycles. The van der Waals surface area contributed by atoms with Gasteiger partial charge in [0.1, 0.15) is 5.60 Å². The molecule has 4 aromatic rings. The number of nitrogens with one attached hydrogen (secondary N) is 3. The first-order chi connectivity index (χ1) is 24.9. The highest BCUT2D eigenvalue weighted by Crippen LogP contribution is 2.41. The number of ether oxygens (including phenoxy) is 3. The van der Waals surface area contributed by atoms with Crippen LogP contribution in [0, 0.1) is 5.82 Å². The number of aromatic nitrogens is 2. The minimum absolute atomic E-state index is 0.0443. The van der Waals surface area contributed by atoms with Crippen LogP contribution in [0.15, 0.2) is 60.8 Å². The van der Waals surface area contributed by atoms with Crippen molar-refractivity contribution in [2.75, 3.05) is 39.2 Å². The van der Waals surface area contributed by atoms with Crippen LogP contribution < -0.4 is 20.7 Å². The van der Waals surface area contributed by atoms with E-state index in [0.717, 1.165) is 0 Å². The van der Waals surface area contributed by atoms with E-state index < -0.39 is 17.5 Å². The smallest absolute Gasteiger partial charge is 0.410 e. The molecule has 0 radical (unpaired) electrons. The lowest BCUT2D eigenvalue weighted by molar-refractivity contribution is -0.119. The number of anilines is 2. The molecular formula is C38H43Cl2FN6O5. The topological polar surface area (TPSA) is 127 Å². The van der Waals surface area contributed by atoms with Crippen molar-refractivity contribution in [1.82, 2.24) is 25.5 Å². The maximum absolute atomic E-state index is 15.4. The number of carbonyl (C=O) groups is 2. The summed E-state index contributed by atoms with van der Waals surface area (Å²) >= 11 is 13.9. The Labute approximate surface area is 313 Å². The second kappa shape index (κ2) is 17.4. The van der Waals surface area contributed by atoms with Gasteiger partial charge < -0.3 is 35.1 Å². The van der Waals surface area contributed by atoms with E-state index in [0.29, 0.717) is 87.8 Å². The minimum atomic E-state index is -0.711. The van der Waals surface area contributed by atoms with Crippen LogP contribution in [-0.4, -0.2) is 72.4 Å². The zero-order valence-electron chi connectivity index (χ0n) is 29.8. The predicted molar refractivity (Wildman–Crippen MR) is 201 cm³/mol. The van der Waals surface area contributed by atoms with E-state index in [-0.39, 0.29) is 30.7 Å². The van der Waals surface area contributed by atoms with Gasteiger partial charge in [0.25, 0.3) is 0 Å². The van der Waals surface area contributed by atoms with Crippen LogP contribution in [0.5, 0.6) is 5.88 Å². The van der Waals surface area contributed by atoms with E-state index in [4.69, 9.17) is 42.4 Å². The number of hydrogen-bond donors (Lipinski definition) is 3. The molecule has 1 aliphatic heterocycles. The van der Waals surface area contributed by atoms with Gasteiger partial charge in [0, 0.05) is 67.7 Å². The van der Waals surface area contributed by atoms with Crippen molar-refractivity contribution in [2.45, 2.75) is 58.3 Å².